The van der Waals surface area contributed by atoms with Crippen molar-refractivity contribution in [3.63, 3.8) is 0 Å². The molecule has 27 heavy (non-hydrogen) atoms. The molecule has 1 aromatic carbocycles. The molecular formula is C18H29F3IN3OS. The van der Waals surface area contributed by atoms with Gasteiger partial charge in [-0.05, 0) is 38.2 Å². The Morgan fingerprint density at radius 2 is 1.85 bits per heavy atom. The van der Waals surface area contributed by atoms with Gasteiger partial charge in [-0.3, -0.25) is 0 Å². The van der Waals surface area contributed by atoms with E-state index in [2.05, 4.69) is 35.7 Å². The molecule has 0 fully saturated rings. The van der Waals surface area contributed by atoms with Gasteiger partial charge in [-0.2, -0.15) is 24.9 Å². The number of aliphatic imine (C=N–C) groups is 1. The molecular weight excluding hydrogens is 490 g/mol. The van der Waals surface area contributed by atoms with Crippen LogP contribution in [0.2, 0.25) is 0 Å². The summed E-state index contributed by atoms with van der Waals surface area (Å²) in [5.41, 5.74) is 1.61. The molecule has 0 amide bonds. The topological polar surface area (TPSA) is 45.7 Å². The highest BCUT2D eigenvalue weighted by atomic mass is 127. The van der Waals surface area contributed by atoms with Crippen LogP contribution < -0.4 is 10.6 Å². The first-order valence-electron chi connectivity index (χ1n) is 8.45. The number of hydrogen-bond donors (Lipinski definition) is 2. The Kier molecular flexibility index (Phi) is 12.4. The predicted molar refractivity (Wildman–Crippen MR) is 118 cm³/mol. The summed E-state index contributed by atoms with van der Waals surface area (Å²) in [5, 5.41) is 6.51. The third-order valence-electron chi connectivity index (χ3n) is 3.52. The second-order valence-corrected chi connectivity index (χ2v) is 7.95. The summed E-state index contributed by atoms with van der Waals surface area (Å²) in [6, 6.07) is 7.25. The fraction of sp³-hybridized carbons (Fsp3) is 0.611. The van der Waals surface area contributed by atoms with Crippen molar-refractivity contribution in [1.29, 1.82) is 0 Å². The third-order valence-corrected chi connectivity index (χ3v) is 4.77. The minimum Gasteiger partial charge on any atom is -0.367 e. The van der Waals surface area contributed by atoms with E-state index in [4.69, 9.17) is 4.74 Å². The SMILES string of the molecule is CCNC(=NCc1cccc(COCC(F)(F)F)c1)NCC(C)(C)SC.I. The third kappa shape index (κ3) is 12.4. The molecule has 4 nitrogen and oxygen atoms in total. The average Bonchev–Trinajstić information content (AvgIpc) is 2.57. The smallest absolute Gasteiger partial charge is 0.367 e. The van der Waals surface area contributed by atoms with Gasteiger partial charge in [0.2, 0.25) is 0 Å². The zero-order chi connectivity index (χ0) is 19.6. The summed E-state index contributed by atoms with van der Waals surface area (Å²) in [6.45, 7) is 6.93. The number of ether oxygens (including phenoxy) is 1. The van der Waals surface area contributed by atoms with Crippen molar-refractivity contribution in [1.82, 2.24) is 10.6 Å². The van der Waals surface area contributed by atoms with Crippen molar-refractivity contribution in [3.05, 3.63) is 35.4 Å². The first-order chi connectivity index (χ1) is 12.1. The molecule has 0 aliphatic rings. The molecule has 1 rings (SSSR count). The van der Waals surface area contributed by atoms with Gasteiger partial charge in [0.15, 0.2) is 5.96 Å². The Hall–Kier alpha value is -0.680. The van der Waals surface area contributed by atoms with Crippen molar-refractivity contribution in [2.24, 2.45) is 4.99 Å². The molecule has 0 saturated heterocycles. The monoisotopic (exact) mass is 519 g/mol. The maximum Gasteiger partial charge on any atom is 0.411 e. The van der Waals surface area contributed by atoms with Gasteiger partial charge in [0.25, 0.3) is 0 Å². The van der Waals surface area contributed by atoms with E-state index in [0.717, 1.165) is 18.7 Å². The van der Waals surface area contributed by atoms with Crippen molar-refractivity contribution in [2.75, 3.05) is 26.0 Å². The summed E-state index contributed by atoms with van der Waals surface area (Å²) in [4.78, 5) is 4.55. The highest BCUT2D eigenvalue weighted by Gasteiger charge is 2.27. The number of guanidine groups is 1. The molecule has 0 aliphatic carbocycles. The summed E-state index contributed by atoms with van der Waals surface area (Å²) in [5.74, 6) is 0.716. The number of thioether (sulfide) groups is 1. The molecule has 2 N–H and O–H groups in total. The van der Waals surface area contributed by atoms with Crippen LogP contribution in [0.4, 0.5) is 13.2 Å². The molecule has 9 heteroatoms. The van der Waals surface area contributed by atoms with E-state index in [1.165, 1.54) is 0 Å². The first kappa shape index (κ1) is 26.3. The molecule has 0 heterocycles. The second-order valence-electron chi connectivity index (χ2n) is 6.44. The number of hydrogen-bond acceptors (Lipinski definition) is 3. The highest BCUT2D eigenvalue weighted by molar-refractivity contribution is 14.0. The van der Waals surface area contributed by atoms with E-state index in [1.54, 1.807) is 23.9 Å². The standard InChI is InChI=1S/C18H28F3N3OS.HI/c1-5-22-16(24-12-17(2,3)26-4)23-10-14-7-6-8-15(9-14)11-25-13-18(19,20)21;/h6-9H,5,10-13H2,1-4H3,(H2,22,23,24);1H. The van der Waals surface area contributed by atoms with Crippen LogP contribution in [0.15, 0.2) is 29.3 Å². The number of rotatable bonds is 9. The highest BCUT2D eigenvalue weighted by Crippen LogP contribution is 2.19. The van der Waals surface area contributed by atoms with E-state index in [0.29, 0.717) is 18.1 Å². The van der Waals surface area contributed by atoms with Gasteiger partial charge in [-0.1, -0.05) is 24.3 Å². The molecule has 0 aliphatic heterocycles. The Bertz CT molecular complexity index is 583. The van der Waals surface area contributed by atoms with Crippen molar-refractivity contribution < 1.29 is 17.9 Å². The summed E-state index contributed by atoms with van der Waals surface area (Å²) in [7, 11) is 0. The molecule has 0 unspecified atom stereocenters. The van der Waals surface area contributed by atoms with Crippen molar-refractivity contribution >= 4 is 41.7 Å². The van der Waals surface area contributed by atoms with Gasteiger partial charge in [-0.15, -0.1) is 24.0 Å². The molecule has 1 aromatic rings. The van der Waals surface area contributed by atoms with Crippen LogP contribution in [0.5, 0.6) is 0 Å². The second kappa shape index (κ2) is 12.7. The summed E-state index contributed by atoms with van der Waals surface area (Å²) >= 11 is 1.77. The van der Waals surface area contributed by atoms with Gasteiger partial charge in [0.1, 0.15) is 6.61 Å². The number of benzene rings is 1. The normalized spacial score (nSPS) is 12.5. The molecule has 0 atom stereocenters. The molecule has 0 aromatic heterocycles. The van der Waals surface area contributed by atoms with Gasteiger partial charge in [0, 0.05) is 17.8 Å². The van der Waals surface area contributed by atoms with Crippen LogP contribution in [0.25, 0.3) is 0 Å². The summed E-state index contributed by atoms with van der Waals surface area (Å²) < 4.78 is 41.2. The summed E-state index contributed by atoms with van der Waals surface area (Å²) in [6.07, 6.45) is -2.24. The molecule has 0 radical (unpaired) electrons. The zero-order valence-corrected chi connectivity index (χ0v) is 19.3. The maximum atomic E-state index is 12.1. The average molecular weight is 519 g/mol. The number of halogens is 4. The zero-order valence-electron chi connectivity index (χ0n) is 16.2. The van der Waals surface area contributed by atoms with Crippen molar-refractivity contribution in [3.8, 4) is 0 Å². The lowest BCUT2D eigenvalue weighted by Crippen LogP contribution is -2.43. The van der Waals surface area contributed by atoms with Crippen LogP contribution >= 0.6 is 35.7 Å². The number of nitrogens with zero attached hydrogens (tertiary/aromatic N) is 1. The van der Waals surface area contributed by atoms with Crippen molar-refractivity contribution in [2.45, 2.75) is 44.8 Å². The molecule has 0 saturated carbocycles. The van der Waals surface area contributed by atoms with Crippen LogP contribution in [-0.2, 0) is 17.9 Å². The van der Waals surface area contributed by atoms with Gasteiger partial charge in [0.05, 0.1) is 13.2 Å². The van der Waals surface area contributed by atoms with Crippen LogP contribution in [0.1, 0.15) is 31.9 Å². The lowest BCUT2D eigenvalue weighted by molar-refractivity contribution is -0.176. The molecule has 0 bridgehead atoms. The lowest BCUT2D eigenvalue weighted by atomic mass is 10.1. The van der Waals surface area contributed by atoms with E-state index in [1.807, 2.05) is 19.1 Å². The lowest BCUT2D eigenvalue weighted by Gasteiger charge is -2.23. The Labute approximate surface area is 181 Å². The van der Waals surface area contributed by atoms with Gasteiger partial charge < -0.3 is 15.4 Å². The Balaban J connectivity index is 0.00000676. The predicted octanol–water partition coefficient (Wildman–Crippen LogP) is 4.58. The van der Waals surface area contributed by atoms with E-state index < -0.39 is 12.8 Å². The first-order valence-corrected chi connectivity index (χ1v) is 9.67. The largest absolute Gasteiger partial charge is 0.411 e. The quantitative estimate of drug-likeness (QED) is 0.285. The minimum absolute atomic E-state index is 0. The van der Waals surface area contributed by atoms with E-state index >= 15 is 0 Å². The molecule has 0 spiro atoms. The Morgan fingerprint density at radius 3 is 2.44 bits per heavy atom. The van der Waals surface area contributed by atoms with Crippen LogP contribution in [-0.4, -0.2) is 42.8 Å². The molecule has 156 valence electrons. The minimum atomic E-state index is -4.31. The Morgan fingerprint density at radius 1 is 1.19 bits per heavy atom. The van der Waals surface area contributed by atoms with Crippen LogP contribution in [0.3, 0.4) is 0 Å². The van der Waals surface area contributed by atoms with E-state index in [9.17, 15) is 13.2 Å². The number of nitrogens with one attached hydrogen (secondary N) is 2. The number of alkyl halides is 3. The van der Waals surface area contributed by atoms with E-state index in [-0.39, 0.29) is 35.3 Å². The fourth-order valence-corrected chi connectivity index (χ4v) is 2.20. The van der Waals surface area contributed by atoms with Crippen LogP contribution in [0, 0.1) is 0 Å². The fourth-order valence-electron chi connectivity index (χ4n) is 1.98. The van der Waals surface area contributed by atoms with Gasteiger partial charge in [-0.25, -0.2) is 4.99 Å². The van der Waals surface area contributed by atoms with Gasteiger partial charge >= 0.3 is 6.18 Å². The maximum absolute atomic E-state index is 12.1.